The largest absolute Gasteiger partial charge is 0.485 e. The standard InChI is InChI=1S/C15H17BrN2O2/c1-10(2)15-17-7-14(13(8-19)18-15)20-9-11-3-5-12(16)6-4-11/h3-7,10,19H,8-9H2,1-2H3. The molecule has 1 N–H and O–H groups in total. The summed E-state index contributed by atoms with van der Waals surface area (Å²) in [7, 11) is 0. The van der Waals surface area contributed by atoms with Gasteiger partial charge in [0.15, 0.2) is 5.75 Å². The average molecular weight is 337 g/mol. The molecule has 20 heavy (non-hydrogen) atoms. The molecule has 1 aromatic carbocycles. The third-order valence-corrected chi connectivity index (χ3v) is 3.35. The average Bonchev–Trinajstić information content (AvgIpc) is 2.46. The first kappa shape index (κ1) is 14.9. The van der Waals surface area contributed by atoms with Crippen LogP contribution < -0.4 is 4.74 Å². The Labute approximate surface area is 127 Å². The van der Waals surface area contributed by atoms with Gasteiger partial charge in [0, 0.05) is 10.4 Å². The van der Waals surface area contributed by atoms with E-state index in [0.29, 0.717) is 23.9 Å². The Morgan fingerprint density at radius 3 is 2.55 bits per heavy atom. The summed E-state index contributed by atoms with van der Waals surface area (Å²) in [6.07, 6.45) is 1.63. The Morgan fingerprint density at radius 2 is 1.95 bits per heavy atom. The van der Waals surface area contributed by atoms with E-state index >= 15 is 0 Å². The van der Waals surface area contributed by atoms with Crippen molar-refractivity contribution in [3.05, 3.63) is 52.0 Å². The van der Waals surface area contributed by atoms with Crippen molar-refractivity contribution in [2.24, 2.45) is 0 Å². The van der Waals surface area contributed by atoms with Gasteiger partial charge in [-0.15, -0.1) is 0 Å². The molecule has 106 valence electrons. The van der Waals surface area contributed by atoms with Crippen molar-refractivity contribution in [3.63, 3.8) is 0 Å². The summed E-state index contributed by atoms with van der Waals surface area (Å²) < 4.78 is 6.72. The molecule has 1 heterocycles. The smallest absolute Gasteiger partial charge is 0.162 e. The van der Waals surface area contributed by atoms with Crippen LogP contribution in [0.5, 0.6) is 5.75 Å². The number of hydrogen-bond donors (Lipinski definition) is 1. The molecule has 0 amide bonds. The molecule has 0 spiro atoms. The summed E-state index contributed by atoms with van der Waals surface area (Å²) in [5, 5.41) is 9.38. The maximum absolute atomic E-state index is 9.38. The van der Waals surface area contributed by atoms with Crippen LogP contribution in [0.4, 0.5) is 0 Å². The number of aromatic nitrogens is 2. The van der Waals surface area contributed by atoms with Gasteiger partial charge < -0.3 is 9.84 Å². The monoisotopic (exact) mass is 336 g/mol. The lowest BCUT2D eigenvalue weighted by Crippen LogP contribution is -2.06. The molecule has 2 rings (SSSR count). The van der Waals surface area contributed by atoms with Crippen LogP contribution in [-0.2, 0) is 13.2 Å². The van der Waals surface area contributed by atoms with Crippen molar-refractivity contribution in [1.82, 2.24) is 9.97 Å². The number of aliphatic hydroxyl groups is 1. The minimum atomic E-state index is -0.155. The van der Waals surface area contributed by atoms with E-state index in [1.807, 2.05) is 38.1 Å². The van der Waals surface area contributed by atoms with Crippen LogP contribution >= 0.6 is 15.9 Å². The Morgan fingerprint density at radius 1 is 1.25 bits per heavy atom. The molecular formula is C15H17BrN2O2. The number of ether oxygens (including phenoxy) is 1. The van der Waals surface area contributed by atoms with Crippen LogP contribution in [0, 0.1) is 0 Å². The summed E-state index contributed by atoms with van der Waals surface area (Å²) in [5.41, 5.74) is 1.57. The van der Waals surface area contributed by atoms with Crippen LogP contribution in [0.3, 0.4) is 0 Å². The molecule has 0 atom stereocenters. The number of benzene rings is 1. The third kappa shape index (κ3) is 3.77. The van der Waals surface area contributed by atoms with Gasteiger partial charge in [-0.25, -0.2) is 9.97 Å². The highest BCUT2D eigenvalue weighted by Crippen LogP contribution is 2.20. The Kier molecular flexibility index (Phi) is 5.09. The molecule has 5 heteroatoms. The van der Waals surface area contributed by atoms with E-state index in [9.17, 15) is 5.11 Å². The SMILES string of the molecule is CC(C)c1ncc(OCc2ccc(Br)cc2)c(CO)n1. The Bertz CT molecular complexity index is 571. The summed E-state index contributed by atoms with van der Waals surface area (Å²) >= 11 is 3.39. The first-order valence-electron chi connectivity index (χ1n) is 6.44. The van der Waals surface area contributed by atoms with Crippen LogP contribution in [0.25, 0.3) is 0 Å². The number of nitrogens with zero attached hydrogens (tertiary/aromatic N) is 2. The van der Waals surface area contributed by atoms with Gasteiger partial charge >= 0.3 is 0 Å². The second-order valence-electron chi connectivity index (χ2n) is 4.77. The summed E-state index contributed by atoms with van der Waals surface area (Å²) in [6.45, 7) is 4.29. The normalized spacial score (nSPS) is 10.8. The zero-order chi connectivity index (χ0) is 14.5. The lowest BCUT2D eigenvalue weighted by Gasteiger charge is -2.11. The van der Waals surface area contributed by atoms with Gasteiger partial charge in [-0.1, -0.05) is 41.9 Å². The van der Waals surface area contributed by atoms with Crippen molar-refractivity contribution in [2.45, 2.75) is 33.0 Å². The predicted molar refractivity (Wildman–Crippen MR) is 80.5 cm³/mol. The highest BCUT2D eigenvalue weighted by atomic mass is 79.9. The fourth-order valence-electron chi connectivity index (χ4n) is 1.68. The van der Waals surface area contributed by atoms with Gasteiger partial charge in [0.1, 0.15) is 18.1 Å². The van der Waals surface area contributed by atoms with Crippen LogP contribution in [0.15, 0.2) is 34.9 Å². The maximum Gasteiger partial charge on any atom is 0.162 e. The van der Waals surface area contributed by atoms with E-state index in [4.69, 9.17) is 4.74 Å². The molecule has 1 aromatic heterocycles. The van der Waals surface area contributed by atoms with Crippen LogP contribution in [0.1, 0.15) is 36.8 Å². The molecule has 2 aromatic rings. The van der Waals surface area contributed by atoms with Crippen LogP contribution in [0.2, 0.25) is 0 Å². The number of hydrogen-bond acceptors (Lipinski definition) is 4. The number of rotatable bonds is 5. The zero-order valence-corrected chi connectivity index (χ0v) is 13.1. The fraction of sp³-hybridized carbons (Fsp3) is 0.333. The van der Waals surface area contributed by atoms with Crippen molar-refractivity contribution in [3.8, 4) is 5.75 Å². The van der Waals surface area contributed by atoms with E-state index in [0.717, 1.165) is 10.0 Å². The number of aliphatic hydroxyl groups excluding tert-OH is 1. The lowest BCUT2D eigenvalue weighted by molar-refractivity contribution is 0.251. The first-order chi connectivity index (χ1) is 9.60. The van der Waals surface area contributed by atoms with Gasteiger partial charge in [-0.05, 0) is 17.7 Å². The number of halogens is 1. The maximum atomic E-state index is 9.38. The molecule has 0 bridgehead atoms. The molecule has 0 aliphatic rings. The summed E-state index contributed by atoms with van der Waals surface area (Å²) in [5.74, 6) is 1.46. The van der Waals surface area contributed by atoms with Gasteiger partial charge in [0.25, 0.3) is 0 Å². The third-order valence-electron chi connectivity index (χ3n) is 2.82. The second-order valence-corrected chi connectivity index (χ2v) is 5.68. The molecule has 0 saturated heterocycles. The second kappa shape index (κ2) is 6.81. The van der Waals surface area contributed by atoms with E-state index in [-0.39, 0.29) is 12.5 Å². The molecular weight excluding hydrogens is 320 g/mol. The summed E-state index contributed by atoms with van der Waals surface area (Å²) in [6, 6.07) is 7.88. The van der Waals surface area contributed by atoms with E-state index in [1.54, 1.807) is 6.20 Å². The quantitative estimate of drug-likeness (QED) is 0.908. The summed E-state index contributed by atoms with van der Waals surface area (Å²) in [4.78, 5) is 8.58. The molecule has 0 aliphatic carbocycles. The Hall–Kier alpha value is -1.46. The van der Waals surface area contributed by atoms with Gasteiger partial charge in [0.05, 0.1) is 12.8 Å². The van der Waals surface area contributed by atoms with Crippen molar-refractivity contribution in [1.29, 1.82) is 0 Å². The topological polar surface area (TPSA) is 55.2 Å². The van der Waals surface area contributed by atoms with Crippen LogP contribution in [-0.4, -0.2) is 15.1 Å². The molecule has 0 aliphatic heterocycles. The van der Waals surface area contributed by atoms with Gasteiger partial charge in [-0.2, -0.15) is 0 Å². The Balaban J connectivity index is 2.10. The fourth-order valence-corrected chi connectivity index (χ4v) is 1.94. The van der Waals surface area contributed by atoms with Crippen molar-refractivity contribution < 1.29 is 9.84 Å². The zero-order valence-electron chi connectivity index (χ0n) is 11.5. The van der Waals surface area contributed by atoms with Crippen molar-refractivity contribution in [2.75, 3.05) is 0 Å². The molecule has 0 radical (unpaired) electrons. The van der Waals surface area contributed by atoms with E-state index in [2.05, 4.69) is 25.9 Å². The van der Waals surface area contributed by atoms with Crippen molar-refractivity contribution >= 4 is 15.9 Å². The molecule has 0 saturated carbocycles. The minimum absolute atomic E-state index is 0.155. The predicted octanol–water partition coefficient (Wildman–Crippen LogP) is 3.43. The molecule has 0 unspecified atom stereocenters. The molecule has 4 nitrogen and oxygen atoms in total. The highest BCUT2D eigenvalue weighted by Gasteiger charge is 2.10. The highest BCUT2D eigenvalue weighted by molar-refractivity contribution is 9.10. The first-order valence-corrected chi connectivity index (χ1v) is 7.23. The van der Waals surface area contributed by atoms with Gasteiger partial charge in [0.2, 0.25) is 0 Å². The minimum Gasteiger partial charge on any atom is -0.485 e. The van der Waals surface area contributed by atoms with Gasteiger partial charge in [-0.3, -0.25) is 0 Å². The van der Waals surface area contributed by atoms with E-state index in [1.165, 1.54) is 0 Å². The lowest BCUT2D eigenvalue weighted by atomic mass is 10.2. The molecule has 0 fully saturated rings. The van der Waals surface area contributed by atoms with E-state index < -0.39 is 0 Å².